The Morgan fingerprint density at radius 1 is 1.00 bits per heavy atom. The van der Waals surface area contributed by atoms with Crippen LogP contribution in [0.1, 0.15) is 24.0 Å². The van der Waals surface area contributed by atoms with E-state index in [1.54, 1.807) is 24.3 Å². The summed E-state index contributed by atoms with van der Waals surface area (Å²) in [6.45, 7) is 1.89. The third kappa shape index (κ3) is 4.43. The maximum Gasteiger partial charge on any atom is 0.339 e. The SMILES string of the molecule is Cc1ccc(S(=O)(=O)Oc2ccc(CCCC=O)cc2)cc1. The first kappa shape index (κ1) is 16.2. The molecule has 0 fully saturated rings. The molecule has 0 aliphatic rings. The molecule has 0 N–H and O–H groups in total. The summed E-state index contributed by atoms with van der Waals surface area (Å²) >= 11 is 0. The number of carbonyl (C=O) groups excluding carboxylic acids is 1. The first-order valence-corrected chi connectivity index (χ1v) is 8.46. The molecule has 5 heteroatoms. The lowest BCUT2D eigenvalue weighted by Gasteiger charge is -2.08. The zero-order chi connectivity index (χ0) is 16.0. The number of hydrogen-bond donors (Lipinski definition) is 0. The number of hydrogen-bond acceptors (Lipinski definition) is 4. The largest absolute Gasteiger partial charge is 0.379 e. The van der Waals surface area contributed by atoms with Crippen LogP contribution >= 0.6 is 0 Å². The molecule has 0 heterocycles. The molecule has 0 unspecified atom stereocenters. The van der Waals surface area contributed by atoms with Gasteiger partial charge >= 0.3 is 10.1 Å². The van der Waals surface area contributed by atoms with Gasteiger partial charge in [0.15, 0.2) is 0 Å². The van der Waals surface area contributed by atoms with Crippen molar-refractivity contribution in [1.29, 1.82) is 0 Å². The molecular formula is C17H18O4S. The van der Waals surface area contributed by atoms with Gasteiger partial charge in [0.1, 0.15) is 16.9 Å². The Labute approximate surface area is 130 Å². The third-order valence-electron chi connectivity index (χ3n) is 3.23. The molecule has 2 aromatic rings. The fourth-order valence-electron chi connectivity index (χ4n) is 1.98. The molecule has 0 aliphatic heterocycles. The van der Waals surface area contributed by atoms with Crippen molar-refractivity contribution in [2.75, 3.05) is 0 Å². The van der Waals surface area contributed by atoms with Gasteiger partial charge in [0.25, 0.3) is 0 Å². The van der Waals surface area contributed by atoms with Gasteiger partial charge in [-0.25, -0.2) is 0 Å². The van der Waals surface area contributed by atoms with E-state index in [4.69, 9.17) is 4.18 Å². The molecule has 2 rings (SSSR count). The first-order chi connectivity index (χ1) is 10.5. The maximum absolute atomic E-state index is 12.1. The van der Waals surface area contributed by atoms with Crippen LogP contribution in [0, 0.1) is 6.92 Å². The summed E-state index contributed by atoms with van der Waals surface area (Å²) in [5.41, 5.74) is 2.03. The zero-order valence-corrected chi connectivity index (χ0v) is 13.2. The highest BCUT2D eigenvalue weighted by molar-refractivity contribution is 7.87. The van der Waals surface area contributed by atoms with Crippen LogP contribution in [0.3, 0.4) is 0 Å². The minimum absolute atomic E-state index is 0.133. The number of benzene rings is 2. The van der Waals surface area contributed by atoms with Gasteiger partial charge in [-0.15, -0.1) is 0 Å². The van der Waals surface area contributed by atoms with Crippen LogP contribution in [0.5, 0.6) is 5.75 Å². The van der Waals surface area contributed by atoms with Crippen molar-refractivity contribution in [3.63, 3.8) is 0 Å². The van der Waals surface area contributed by atoms with Crippen LogP contribution < -0.4 is 4.18 Å². The van der Waals surface area contributed by atoms with E-state index in [2.05, 4.69) is 0 Å². The predicted molar refractivity (Wildman–Crippen MR) is 84.4 cm³/mol. The van der Waals surface area contributed by atoms with Gasteiger partial charge in [-0.1, -0.05) is 29.8 Å². The number of carbonyl (C=O) groups is 1. The van der Waals surface area contributed by atoms with Crippen molar-refractivity contribution < 1.29 is 17.4 Å². The molecule has 0 saturated heterocycles. The van der Waals surface area contributed by atoms with Crippen LogP contribution in [0.4, 0.5) is 0 Å². The van der Waals surface area contributed by atoms with E-state index in [1.807, 2.05) is 19.1 Å². The molecule has 22 heavy (non-hydrogen) atoms. The molecule has 0 radical (unpaired) electrons. The van der Waals surface area contributed by atoms with Crippen LogP contribution in [0.25, 0.3) is 0 Å². The minimum Gasteiger partial charge on any atom is -0.379 e. The van der Waals surface area contributed by atoms with E-state index in [9.17, 15) is 13.2 Å². The fraction of sp³-hybridized carbons (Fsp3) is 0.235. The molecule has 2 aromatic carbocycles. The Bertz CT molecular complexity index is 716. The number of aryl methyl sites for hydroxylation is 2. The molecule has 0 aromatic heterocycles. The predicted octanol–water partition coefficient (Wildman–Crippen LogP) is 3.28. The summed E-state index contributed by atoms with van der Waals surface area (Å²) in [4.78, 5) is 10.4. The summed E-state index contributed by atoms with van der Waals surface area (Å²) < 4.78 is 29.4. The Morgan fingerprint density at radius 3 is 2.23 bits per heavy atom. The minimum atomic E-state index is -3.81. The number of unbranched alkanes of at least 4 members (excludes halogenated alkanes) is 1. The third-order valence-corrected chi connectivity index (χ3v) is 4.49. The second kappa shape index (κ2) is 7.22. The lowest BCUT2D eigenvalue weighted by molar-refractivity contribution is -0.107. The summed E-state index contributed by atoms with van der Waals surface area (Å²) in [5.74, 6) is 0.278. The van der Waals surface area contributed by atoms with Crippen molar-refractivity contribution in [3.8, 4) is 5.75 Å². The highest BCUT2D eigenvalue weighted by Crippen LogP contribution is 2.20. The molecule has 0 atom stereocenters. The Kier molecular flexibility index (Phi) is 5.33. The van der Waals surface area contributed by atoms with E-state index in [0.717, 1.165) is 30.3 Å². The molecule has 0 amide bonds. The normalized spacial score (nSPS) is 11.1. The zero-order valence-electron chi connectivity index (χ0n) is 12.4. The van der Waals surface area contributed by atoms with Gasteiger partial charge in [0, 0.05) is 6.42 Å². The van der Waals surface area contributed by atoms with Gasteiger partial charge in [0.05, 0.1) is 0 Å². The highest BCUT2D eigenvalue weighted by atomic mass is 32.2. The summed E-state index contributed by atoms with van der Waals surface area (Å²) in [7, 11) is -3.81. The average molecular weight is 318 g/mol. The Balaban J connectivity index is 2.06. The van der Waals surface area contributed by atoms with Gasteiger partial charge in [-0.05, 0) is 49.6 Å². The molecule has 0 bridgehead atoms. The highest BCUT2D eigenvalue weighted by Gasteiger charge is 2.16. The molecule has 0 aliphatic carbocycles. The van der Waals surface area contributed by atoms with Crippen LogP contribution in [-0.2, 0) is 21.3 Å². The fourth-order valence-corrected chi connectivity index (χ4v) is 2.91. The van der Waals surface area contributed by atoms with Gasteiger partial charge in [0.2, 0.25) is 0 Å². The van der Waals surface area contributed by atoms with E-state index in [1.165, 1.54) is 12.1 Å². The Morgan fingerprint density at radius 2 is 1.64 bits per heavy atom. The lowest BCUT2D eigenvalue weighted by atomic mass is 10.1. The van der Waals surface area contributed by atoms with E-state index in [-0.39, 0.29) is 10.6 Å². The van der Waals surface area contributed by atoms with Crippen LogP contribution in [-0.4, -0.2) is 14.7 Å². The first-order valence-electron chi connectivity index (χ1n) is 7.05. The molecule has 116 valence electrons. The summed E-state index contributed by atoms with van der Waals surface area (Å²) in [6.07, 6.45) is 2.99. The van der Waals surface area contributed by atoms with E-state index < -0.39 is 10.1 Å². The van der Waals surface area contributed by atoms with Crippen molar-refractivity contribution in [3.05, 3.63) is 59.7 Å². The lowest BCUT2D eigenvalue weighted by Crippen LogP contribution is -2.09. The van der Waals surface area contributed by atoms with Crippen LogP contribution in [0.15, 0.2) is 53.4 Å². The summed E-state index contributed by atoms with van der Waals surface area (Å²) in [6, 6.07) is 13.4. The quantitative estimate of drug-likeness (QED) is 0.446. The molecule has 0 saturated carbocycles. The standard InChI is InChI=1S/C17H18O4S/c1-14-5-11-17(12-6-14)22(19,20)21-16-9-7-15(8-10-16)4-2-3-13-18/h5-13H,2-4H2,1H3. The summed E-state index contributed by atoms with van der Waals surface area (Å²) in [5, 5.41) is 0. The van der Waals surface area contributed by atoms with Gasteiger partial charge in [-0.2, -0.15) is 8.42 Å². The van der Waals surface area contributed by atoms with Crippen LogP contribution in [0.2, 0.25) is 0 Å². The van der Waals surface area contributed by atoms with Gasteiger partial charge in [-0.3, -0.25) is 0 Å². The van der Waals surface area contributed by atoms with Crippen molar-refractivity contribution >= 4 is 16.4 Å². The van der Waals surface area contributed by atoms with E-state index >= 15 is 0 Å². The Hall–Kier alpha value is -2.14. The molecule has 0 spiro atoms. The number of rotatable bonds is 7. The average Bonchev–Trinajstić information content (AvgIpc) is 2.49. The smallest absolute Gasteiger partial charge is 0.339 e. The number of aldehydes is 1. The maximum atomic E-state index is 12.1. The van der Waals surface area contributed by atoms with Crippen molar-refractivity contribution in [2.24, 2.45) is 0 Å². The van der Waals surface area contributed by atoms with Gasteiger partial charge < -0.3 is 8.98 Å². The monoisotopic (exact) mass is 318 g/mol. The second-order valence-electron chi connectivity index (χ2n) is 5.05. The van der Waals surface area contributed by atoms with E-state index in [0.29, 0.717) is 6.42 Å². The second-order valence-corrected chi connectivity index (χ2v) is 6.60. The van der Waals surface area contributed by atoms with Crippen molar-refractivity contribution in [1.82, 2.24) is 0 Å². The molecular weight excluding hydrogens is 300 g/mol. The topological polar surface area (TPSA) is 60.4 Å². The van der Waals surface area contributed by atoms with Crippen molar-refractivity contribution in [2.45, 2.75) is 31.1 Å². The molecule has 4 nitrogen and oxygen atoms in total.